The van der Waals surface area contributed by atoms with E-state index < -0.39 is 33.7 Å². The molecule has 0 aliphatic carbocycles. The molecule has 0 heterocycles. The fraction of sp³-hybridized carbons (Fsp3) is 0.919. The fourth-order valence-electron chi connectivity index (χ4n) is 4.63. The molecule has 0 saturated heterocycles. The molecule has 0 aromatic carbocycles. The number of carboxylic acids is 3. The van der Waals surface area contributed by atoms with Crippen LogP contribution in [0.15, 0.2) is 0 Å². The normalized spacial score (nSPS) is 12.6. The van der Waals surface area contributed by atoms with Gasteiger partial charge in [-0.1, -0.05) is 157 Å². The van der Waals surface area contributed by atoms with E-state index in [-0.39, 0.29) is 0 Å². The van der Waals surface area contributed by atoms with E-state index in [1.54, 1.807) is 0 Å². The fourth-order valence-corrected chi connectivity index (χ4v) is 5.18. The maximum atomic E-state index is 10.5. The number of hydrogen-bond acceptors (Lipinski definition) is 6. The first-order valence-corrected chi connectivity index (χ1v) is 23.3. The van der Waals surface area contributed by atoms with Gasteiger partial charge in [-0.05, 0) is 37.0 Å². The molecule has 0 aliphatic rings. The Morgan fingerprint density at radius 2 is 0.532 bits per heavy atom. The van der Waals surface area contributed by atoms with Crippen molar-refractivity contribution in [1.29, 1.82) is 0 Å². The van der Waals surface area contributed by atoms with Gasteiger partial charge in [0.05, 0.1) is 15.7 Å². The van der Waals surface area contributed by atoms with Gasteiger partial charge >= 0.3 is 45.4 Å². The molecule has 3 unspecified atom stereocenters. The molecule has 282 valence electrons. The Morgan fingerprint density at radius 3 is 0.681 bits per heavy atom. The first kappa shape index (κ1) is 54.0. The average Bonchev–Trinajstić information content (AvgIpc) is 3.00. The quantitative estimate of drug-likeness (QED) is 0.0279. The Morgan fingerprint density at radius 1 is 0.383 bits per heavy atom. The Balaban J connectivity index is -0.000000287. The van der Waals surface area contributed by atoms with Crippen molar-refractivity contribution in [3.63, 3.8) is 0 Å². The van der Waals surface area contributed by atoms with Crippen LogP contribution in [0.4, 0.5) is 0 Å². The zero-order chi connectivity index (χ0) is 37.0. The number of carbonyl (C=O) groups is 3. The molecular weight excluding hydrogens is 755 g/mol. The predicted molar refractivity (Wildman–Crippen MR) is 216 cm³/mol. The van der Waals surface area contributed by atoms with Crippen molar-refractivity contribution in [3.05, 3.63) is 0 Å². The molecule has 0 aliphatic heterocycles. The summed E-state index contributed by atoms with van der Waals surface area (Å²) in [6.07, 6.45) is 23.9. The zero-order valence-electron chi connectivity index (χ0n) is 31.3. The van der Waals surface area contributed by atoms with Crippen molar-refractivity contribution >= 4 is 78.3 Å². The van der Waals surface area contributed by atoms with Crippen LogP contribution >= 0.6 is 37.9 Å². The summed E-state index contributed by atoms with van der Waals surface area (Å²) in [7, 11) is 0. The average molecular weight is 832 g/mol. The Hall–Kier alpha value is 0.259. The number of thiol groups is 3. The Labute approximate surface area is 320 Å². The standard InChI is InChI=1S/3C12H24O2S.CH3.Sn.H/c3*1-10(2)8-6-4-3-5-7-9-11(15)12(13)14;;;/h3*10-11,15H,3-9H2,1-2H3,(H,13,14);1H3;;. The topological polar surface area (TPSA) is 112 Å². The number of hydrogen-bond donors (Lipinski definition) is 6. The molecule has 3 atom stereocenters. The second-order valence-corrected chi connectivity index (χ2v) is 15.6. The van der Waals surface area contributed by atoms with E-state index in [1.807, 2.05) is 0 Å². The summed E-state index contributed by atoms with van der Waals surface area (Å²) in [6.45, 7) is 13.5. The van der Waals surface area contributed by atoms with Gasteiger partial charge in [0.15, 0.2) is 0 Å². The number of aliphatic carboxylic acids is 3. The van der Waals surface area contributed by atoms with Crippen LogP contribution < -0.4 is 0 Å². The minimum atomic E-state index is -0.793. The summed E-state index contributed by atoms with van der Waals surface area (Å²) in [4.78, 5) is 33.5. The van der Waals surface area contributed by atoms with E-state index in [0.29, 0.717) is 19.3 Å². The van der Waals surface area contributed by atoms with Crippen LogP contribution in [0.3, 0.4) is 0 Å². The first-order chi connectivity index (χ1) is 22.1. The van der Waals surface area contributed by atoms with Crippen LogP contribution in [0.5, 0.6) is 0 Å². The van der Waals surface area contributed by atoms with E-state index in [1.165, 1.54) is 99.6 Å². The summed E-state index contributed by atoms with van der Waals surface area (Å²) < 4.78 is 0. The summed E-state index contributed by atoms with van der Waals surface area (Å²) in [6, 6.07) is 0. The van der Waals surface area contributed by atoms with E-state index in [0.717, 1.165) is 56.3 Å². The van der Waals surface area contributed by atoms with Crippen LogP contribution in [0.1, 0.15) is 176 Å². The van der Waals surface area contributed by atoms with Gasteiger partial charge in [0.2, 0.25) is 0 Å². The zero-order valence-corrected chi connectivity index (χ0v) is 37.3. The minimum absolute atomic E-state index is 0.472. The molecule has 0 aromatic heterocycles. The van der Waals surface area contributed by atoms with E-state index in [9.17, 15) is 14.4 Å². The molecule has 2 radical (unpaired) electrons. The van der Waals surface area contributed by atoms with Crippen molar-refractivity contribution in [3.8, 4) is 0 Å². The molecule has 6 nitrogen and oxygen atoms in total. The van der Waals surface area contributed by atoms with E-state index >= 15 is 0 Å². The van der Waals surface area contributed by atoms with Crippen LogP contribution in [-0.4, -0.2) is 71.5 Å². The molecule has 0 bridgehead atoms. The second-order valence-electron chi connectivity index (χ2n) is 13.8. The van der Waals surface area contributed by atoms with Gasteiger partial charge in [-0.25, -0.2) is 0 Å². The third kappa shape index (κ3) is 50.7. The number of carboxylic acid groups (broad SMARTS) is 3. The predicted octanol–water partition coefficient (Wildman–Crippen LogP) is 11.2. The Bertz CT molecular complexity index is 605. The molecule has 3 N–H and O–H groups in total. The molecule has 0 aromatic rings. The third-order valence-corrected chi connectivity index (χ3v) is 9.07. The summed E-state index contributed by atoms with van der Waals surface area (Å²) in [5, 5.41) is 24.4. The molecule has 0 spiro atoms. The molecule has 10 heteroatoms. The molecule has 0 fully saturated rings. The van der Waals surface area contributed by atoms with Crippen LogP contribution in [0.25, 0.3) is 0 Å². The van der Waals surface area contributed by atoms with Gasteiger partial charge in [-0.15, -0.1) is 0 Å². The molecular formula is C37H76O6S3Sn. The van der Waals surface area contributed by atoms with Crippen molar-refractivity contribution in [2.45, 2.75) is 197 Å². The van der Waals surface area contributed by atoms with E-state index in [4.69, 9.17) is 15.3 Å². The van der Waals surface area contributed by atoms with Gasteiger partial charge < -0.3 is 15.3 Å². The van der Waals surface area contributed by atoms with Crippen LogP contribution in [-0.2, 0) is 14.4 Å². The van der Waals surface area contributed by atoms with Crippen molar-refractivity contribution in [2.24, 2.45) is 17.8 Å². The SMILES string of the molecule is CC(C)CCCCCCCC(S)C(=O)O.CC(C)CCCCCCCC(S)C(=O)O.CC(C)CCCCCCCC(S)C(=O)O.[CH3][SnH]. The summed E-state index contributed by atoms with van der Waals surface area (Å²) >= 11 is 13.3. The van der Waals surface area contributed by atoms with Crippen LogP contribution in [0.2, 0.25) is 4.94 Å². The number of rotatable bonds is 27. The van der Waals surface area contributed by atoms with Crippen molar-refractivity contribution in [1.82, 2.24) is 0 Å². The van der Waals surface area contributed by atoms with Gasteiger partial charge in [-0.3, -0.25) is 14.4 Å². The third-order valence-electron chi connectivity index (χ3n) is 7.63. The van der Waals surface area contributed by atoms with Gasteiger partial charge in [0, 0.05) is 0 Å². The van der Waals surface area contributed by atoms with E-state index in [2.05, 4.69) is 84.4 Å². The number of unbranched alkanes of at least 4 members (excludes halogenated alkanes) is 12. The van der Waals surface area contributed by atoms with Crippen LogP contribution in [0, 0.1) is 17.8 Å². The molecule has 0 saturated carbocycles. The monoisotopic (exact) mass is 832 g/mol. The van der Waals surface area contributed by atoms with Crippen molar-refractivity contribution in [2.75, 3.05) is 0 Å². The van der Waals surface area contributed by atoms with Gasteiger partial charge in [0.25, 0.3) is 0 Å². The molecule has 47 heavy (non-hydrogen) atoms. The molecule has 0 amide bonds. The Kier molecular flexibility index (Phi) is 46.8. The molecule has 0 rings (SSSR count). The first-order valence-electron chi connectivity index (χ1n) is 18.4. The second kappa shape index (κ2) is 40.7. The van der Waals surface area contributed by atoms with Crippen molar-refractivity contribution < 1.29 is 29.7 Å². The summed E-state index contributed by atoms with van der Waals surface area (Å²) in [5.74, 6) is 0.0333. The van der Waals surface area contributed by atoms with Gasteiger partial charge in [-0.2, -0.15) is 37.9 Å². The maximum absolute atomic E-state index is 10.5. The van der Waals surface area contributed by atoms with Gasteiger partial charge in [0.1, 0.15) is 0 Å². The summed E-state index contributed by atoms with van der Waals surface area (Å²) in [5.41, 5.74) is 0.